The van der Waals surface area contributed by atoms with Gasteiger partial charge in [-0.1, -0.05) is 36.4 Å². The van der Waals surface area contributed by atoms with Gasteiger partial charge in [-0.05, 0) is 24.3 Å². The van der Waals surface area contributed by atoms with E-state index in [0.717, 1.165) is 0 Å². The highest BCUT2D eigenvalue weighted by Crippen LogP contribution is 2.18. The molecule has 0 aliphatic carbocycles. The van der Waals surface area contributed by atoms with E-state index in [1.807, 2.05) is 12.1 Å². The fourth-order valence-corrected chi connectivity index (χ4v) is 2.58. The van der Waals surface area contributed by atoms with Gasteiger partial charge in [0.1, 0.15) is 0 Å². The van der Waals surface area contributed by atoms with E-state index in [1.165, 1.54) is 6.92 Å². The van der Waals surface area contributed by atoms with Crippen molar-refractivity contribution < 1.29 is 14.5 Å². The Morgan fingerprint density at radius 1 is 0.852 bits per heavy atom. The van der Waals surface area contributed by atoms with Crippen molar-refractivity contribution in [1.29, 1.82) is 0 Å². The van der Waals surface area contributed by atoms with Gasteiger partial charge in [-0.2, -0.15) is 0 Å². The van der Waals surface area contributed by atoms with Crippen molar-refractivity contribution in [2.45, 2.75) is 25.3 Å². The average Bonchev–Trinajstić information content (AvgIpc) is 2.69. The van der Waals surface area contributed by atoms with E-state index >= 15 is 0 Å². The molecule has 27 heavy (non-hydrogen) atoms. The highest BCUT2D eigenvalue weighted by Gasteiger charge is 2.36. The van der Waals surface area contributed by atoms with Crippen LogP contribution in [0.4, 0.5) is 0 Å². The van der Waals surface area contributed by atoms with Crippen molar-refractivity contribution in [3.05, 3.63) is 81.9 Å². The molecule has 7 nitrogen and oxygen atoms in total. The summed E-state index contributed by atoms with van der Waals surface area (Å²) in [6.07, 6.45) is 0.333. The number of nitro groups is 1. The highest BCUT2D eigenvalue weighted by atomic mass is 16.6. The molecule has 0 radical (unpaired) electrons. The maximum Gasteiger partial charge on any atom is 0.251 e. The van der Waals surface area contributed by atoms with E-state index in [1.54, 1.807) is 48.5 Å². The molecule has 7 heteroatoms. The molecule has 0 unspecified atom stereocenters. The van der Waals surface area contributed by atoms with Crippen LogP contribution in [0.3, 0.4) is 0 Å². The number of carbonyl (C=O) groups is 2. The summed E-state index contributed by atoms with van der Waals surface area (Å²) in [7, 11) is 0. The maximum absolute atomic E-state index is 12.0. The van der Waals surface area contributed by atoms with E-state index in [0.29, 0.717) is 11.1 Å². The predicted molar refractivity (Wildman–Crippen MR) is 102 cm³/mol. The van der Waals surface area contributed by atoms with Gasteiger partial charge in [0.2, 0.25) is 5.54 Å². The Labute approximate surface area is 157 Å². The summed E-state index contributed by atoms with van der Waals surface area (Å²) in [5, 5.41) is 16.9. The first-order valence-corrected chi connectivity index (χ1v) is 8.73. The van der Waals surface area contributed by atoms with Gasteiger partial charge in [-0.3, -0.25) is 19.7 Å². The Bertz CT molecular complexity index is 721. The Hall–Kier alpha value is -3.22. The number of rotatable bonds is 9. The number of hydrogen-bond acceptors (Lipinski definition) is 4. The minimum absolute atomic E-state index is 0.166. The minimum Gasteiger partial charge on any atom is -0.352 e. The van der Waals surface area contributed by atoms with Gasteiger partial charge in [0.25, 0.3) is 11.8 Å². The number of nitrogens with one attached hydrogen (secondary N) is 2. The summed E-state index contributed by atoms with van der Waals surface area (Å²) in [5.41, 5.74) is -0.223. The van der Waals surface area contributed by atoms with Gasteiger partial charge in [0.15, 0.2) is 0 Å². The molecular weight excluding hydrogens is 346 g/mol. The summed E-state index contributed by atoms with van der Waals surface area (Å²) >= 11 is 0. The molecule has 2 aromatic rings. The smallest absolute Gasteiger partial charge is 0.251 e. The molecule has 0 bridgehead atoms. The summed E-state index contributed by atoms with van der Waals surface area (Å²) in [5.74, 6) is -0.530. The van der Waals surface area contributed by atoms with Crippen LogP contribution in [-0.2, 0) is 0 Å². The van der Waals surface area contributed by atoms with Crippen LogP contribution in [-0.4, -0.2) is 35.4 Å². The van der Waals surface area contributed by atoms with Crippen LogP contribution in [0.15, 0.2) is 60.7 Å². The molecule has 0 aliphatic rings. The second kappa shape index (κ2) is 9.47. The van der Waals surface area contributed by atoms with E-state index in [2.05, 4.69) is 10.6 Å². The van der Waals surface area contributed by atoms with Crippen molar-refractivity contribution in [2.75, 3.05) is 13.1 Å². The van der Waals surface area contributed by atoms with E-state index in [-0.39, 0.29) is 42.7 Å². The quantitative estimate of drug-likeness (QED) is 0.524. The van der Waals surface area contributed by atoms with E-state index in [4.69, 9.17) is 0 Å². The molecule has 0 spiro atoms. The molecule has 0 fully saturated rings. The van der Waals surface area contributed by atoms with Gasteiger partial charge in [0.05, 0.1) is 0 Å². The monoisotopic (exact) mass is 369 g/mol. The Kier molecular flexibility index (Phi) is 7.05. The standard InChI is InChI=1S/C20H23N3O4/c1-20(23(26)27,12-14-21-18(24)16-8-4-2-5-9-16)13-15-22-19(25)17-10-6-3-7-11-17/h2-11H,12-15H2,1H3,(H,21,24)(H,22,25). The third-order valence-corrected chi connectivity index (χ3v) is 4.41. The first-order chi connectivity index (χ1) is 12.9. The molecule has 2 aromatic carbocycles. The fraction of sp³-hybridized carbons (Fsp3) is 0.300. The van der Waals surface area contributed by atoms with Crippen molar-refractivity contribution >= 4 is 11.8 Å². The average molecular weight is 369 g/mol. The predicted octanol–water partition coefficient (Wildman–Crippen LogP) is 2.66. The molecule has 0 heterocycles. The van der Waals surface area contributed by atoms with Crippen LogP contribution in [0.25, 0.3) is 0 Å². The van der Waals surface area contributed by atoms with Gasteiger partial charge in [-0.25, -0.2) is 0 Å². The molecule has 2 rings (SSSR count). The van der Waals surface area contributed by atoms with Gasteiger partial charge in [-0.15, -0.1) is 0 Å². The van der Waals surface area contributed by atoms with Crippen LogP contribution in [0.2, 0.25) is 0 Å². The lowest BCUT2D eigenvalue weighted by molar-refractivity contribution is -0.567. The second-order valence-corrected chi connectivity index (χ2v) is 6.50. The first kappa shape index (κ1) is 20.1. The van der Waals surface area contributed by atoms with Crippen LogP contribution in [0.5, 0.6) is 0 Å². The molecule has 0 atom stereocenters. The molecule has 142 valence electrons. The summed E-state index contributed by atoms with van der Waals surface area (Å²) < 4.78 is 0. The minimum atomic E-state index is -1.24. The Morgan fingerprint density at radius 2 is 1.22 bits per heavy atom. The first-order valence-electron chi connectivity index (χ1n) is 8.73. The lowest BCUT2D eigenvalue weighted by atomic mass is 9.94. The van der Waals surface area contributed by atoms with Crippen molar-refractivity contribution in [3.63, 3.8) is 0 Å². The fourth-order valence-electron chi connectivity index (χ4n) is 2.58. The summed E-state index contributed by atoms with van der Waals surface area (Å²) in [4.78, 5) is 35.2. The van der Waals surface area contributed by atoms with Crippen molar-refractivity contribution in [1.82, 2.24) is 10.6 Å². The number of amides is 2. The van der Waals surface area contributed by atoms with E-state index < -0.39 is 5.54 Å². The highest BCUT2D eigenvalue weighted by molar-refractivity contribution is 5.94. The summed E-state index contributed by atoms with van der Waals surface area (Å²) in [6, 6.07) is 17.4. The second-order valence-electron chi connectivity index (χ2n) is 6.50. The van der Waals surface area contributed by atoms with Crippen molar-refractivity contribution in [3.8, 4) is 0 Å². The molecule has 0 aromatic heterocycles. The van der Waals surface area contributed by atoms with Gasteiger partial charge >= 0.3 is 0 Å². The molecule has 0 aliphatic heterocycles. The molecule has 2 amide bonds. The third-order valence-electron chi connectivity index (χ3n) is 4.41. The zero-order valence-corrected chi connectivity index (χ0v) is 15.2. The molecule has 0 saturated heterocycles. The third kappa shape index (κ3) is 5.91. The molecule has 2 N–H and O–H groups in total. The van der Waals surface area contributed by atoms with Crippen LogP contribution >= 0.6 is 0 Å². The maximum atomic E-state index is 12.0. The number of hydrogen-bond donors (Lipinski definition) is 2. The van der Waals surface area contributed by atoms with Crippen LogP contribution in [0.1, 0.15) is 40.5 Å². The lowest BCUT2D eigenvalue weighted by Crippen LogP contribution is -2.42. The SMILES string of the molecule is CC(CCNC(=O)c1ccccc1)(CCNC(=O)c1ccccc1)[N+](=O)[O-]. The van der Waals surface area contributed by atoms with Crippen LogP contribution < -0.4 is 10.6 Å². The number of nitrogens with zero attached hydrogens (tertiary/aromatic N) is 1. The molecule has 0 saturated carbocycles. The zero-order chi connectivity index (χ0) is 19.7. The molecular formula is C20H23N3O4. The summed E-state index contributed by atoms with van der Waals surface area (Å²) in [6.45, 7) is 1.88. The van der Waals surface area contributed by atoms with Gasteiger partial charge in [0, 0.05) is 48.9 Å². The Balaban J connectivity index is 1.82. The Morgan fingerprint density at radius 3 is 1.56 bits per heavy atom. The number of carbonyl (C=O) groups excluding carboxylic acids is 2. The van der Waals surface area contributed by atoms with Gasteiger partial charge < -0.3 is 10.6 Å². The largest absolute Gasteiger partial charge is 0.352 e. The van der Waals surface area contributed by atoms with Crippen LogP contribution in [0, 0.1) is 10.1 Å². The topological polar surface area (TPSA) is 101 Å². The van der Waals surface area contributed by atoms with Crippen molar-refractivity contribution in [2.24, 2.45) is 0 Å². The van der Waals surface area contributed by atoms with E-state index in [9.17, 15) is 19.7 Å². The zero-order valence-electron chi connectivity index (χ0n) is 15.2. The number of benzene rings is 2. The lowest BCUT2D eigenvalue weighted by Gasteiger charge is -2.21. The normalized spacial score (nSPS) is 10.9.